The number of piperidine rings is 1. The van der Waals surface area contributed by atoms with Gasteiger partial charge < -0.3 is 4.57 Å². The van der Waals surface area contributed by atoms with Gasteiger partial charge in [0.25, 0.3) is 5.91 Å². The van der Waals surface area contributed by atoms with Crippen LogP contribution in [0.25, 0.3) is 10.2 Å². The fraction of sp³-hybridized carbons (Fsp3) is 0.364. The number of rotatable bonds is 4. The van der Waals surface area contributed by atoms with Gasteiger partial charge in [0.1, 0.15) is 0 Å². The first-order valence-electron chi connectivity index (χ1n) is 10.3. The number of carbonyl (C=O) groups is 1. The van der Waals surface area contributed by atoms with E-state index in [2.05, 4.69) is 20.9 Å². The van der Waals surface area contributed by atoms with Gasteiger partial charge in [0.05, 0.1) is 15.1 Å². The van der Waals surface area contributed by atoms with Crippen LogP contribution in [0, 0.1) is 0 Å². The summed E-state index contributed by atoms with van der Waals surface area (Å²) in [6.45, 7) is 2.57. The third-order valence-corrected chi connectivity index (χ3v) is 9.27. The zero-order valence-corrected chi connectivity index (χ0v) is 20.6. The van der Waals surface area contributed by atoms with Gasteiger partial charge in [0, 0.05) is 29.7 Å². The average Bonchev–Trinajstić information content (AvgIpc) is 3.07. The zero-order valence-electron chi connectivity index (χ0n) is 17.4. The summed E-state index contributed by atoms with van der Waals surface area (Å²) in [6, 6.07) is 12.1. The van der Waals surface area contributed by atoms with E-state index in [0.29, 0.717) is 16.9 Å². The number of aromatic nitrogens is 1. The SMILES string of the molecule is CCC1CCCCN1S(=O)(=O)c1ccc(C(=O)N=c2sc3cc(Br)ccc3n2C)cc1. The summed E-state index contributed by atoms with van der Waals surface area (Å²) >= 11 is 4.89. The third-order valence-electron chi connectivity index (χ3n) is 5.72. The number of hydrogen-bond donors (Lipinski definition) is 0. The lowest BCUT2D eigenvalue weighted by atomic mass is 10.0. The lowest BCUT2D eigenvalue weighted by Gasteiger charge is -2.34. The molecular weight excluding hydrogens is 498 g/mol. The van der Waals surface area contributed by atoms with Crippen LogP contribution in [0.15, 0.2) is 56.8 Å². The molecule has 0 aliphatic carbocycles. The number of benzene rings is 2. The maximum absolute atomic E-state index is 13.1. The Morgan fingerprint density at radius 2 is 1.94 bits per heavy atom. The van der Waals surface area contributed by atoms with E-state index in [-0.39, 0.29) is 10.9 Å². The predicted octanol–water partition coefficient (Wildman–Crippen LogP) is 4.70. The fourth-order valence-corrected chi connectivity index (χ4v) is 7.30. The van der Waals surface area contributed by atoms with E-state index >= 15 is 0 Å². The Hall–Kier alpha value is -1.81. The molecule has 6 nitrogen and oxygen atoms in total. The number of hydrogen-bond acceptors (Lipinski definition) is 4. The molecule has 1 fully saturated rings. The van der Waals surface area contributed by atoms with Crippen LogP contribution < -0.4 is 4.80 Å². The van der Waals surface area contributed by atoms with Crippen molar-refractivity contribution in [3.63, 3.8) is 0 Å². The van der Waals surface area contributed by atoms with E-state index in [0.717, 1.165) is 40.4 Å². The molecule has 164 valence electrons. The molecule has 1 aliphatic rings. The number of fused-ring (bicyclic) bond motifs is 1. The van der Waals surface area contributed by atoms with Crippen LogP contribution in [0.3, 0.4) is 0 Å². The maximum Gasteiger partial charge on any atom is 0.279 e. The van der Waals surface area contributed by atoms with Crippen molar-refractivity contribution in [2.24, 2.45) is 12.0 Å². The van der Waals surface area contributed by atoms with Crippen LogP contribution in [-0.4, -0.2) is 35.8 Å². The predicted molar refractivity (Wildman–Crippen MR) is 127 cm³/mol. The van der Waals surface area contributed by atoms with Crippen molar-refractivity contribution in [3.8, 4) is 0 Å². The molecule has 9 heteroatoms. The second-order valence-corrected chi connectivity index (χ2v) is 11.5. The van der Waals surface area contributed by atoms with E-state index in [1.165, 1.54) is 23.5 Å². The van der Waals surface area contributed by atoms with Crippen molar-refractivity contribution >= 4 is 53.4 Å². The summed E-state index contributed by atoms with van der Waals surface area (Å²) in [6.07, 6.45) is 3.64. The Labute approximate surface area is 194 Å². The Kier molecular flexibility index (Phi) is 6.48. The molecule has 1 amide bonds. The van der Waals surface area contributed by atoms with E-state index in [4.69, 9.17) is 0 Å². The highest BCUT2D eigenvalue weighted by Gasteiger charge is 2.32. The molecule has 1 aliphatic heterocycles. The monoisotopic (exact) mass is 521 g/mol. The van der Waals surface area contributed by atoms with Crippen LogP contribution in [0.1, 0.15) is 43.0 Å². The first-order chi connectivity index (χ1) is 14.8. The number of aryl methyl sites for hydroxylation is 1. The highest BCUT2D eigenvalue weighted by atomic mass is 79.9. The van der Waals surface area contributed by atoms with Crippen LogP contribution in [0.4, 0.5) is 0 Å². The largest absolute Gasteiger partial charge is 0.319 e. The molecule has 2 heterocycles. The lowest BCUT2D eigenvalue weighted by molar-refractivity contribution is 0.0998. The molecule has 1 saturated heterocycles. The van der Waals surface area contributed by atoms with Crippen LogP contribution in [-0.2, 0) is 17.1 Å². The van der Waals surface area contributed by atoms with E-state index in [9.17, 15) is 13.2 Å². The summed E-state index contributed by atoms with van der Waals surface area (Å²) in [7, 11) is -1.70. The minimum Gasteiger partial charge on any atom is -0.319 e. The topological polar surface area (TPSA) is 71.7 Å². The van der Waals surface area contributed by atoms with Gasteiger partial charge in [0.2, 0.25) is 10.0 Å². The number of halogens is 1. The smallest absolute Gasteiger partial charge is 0.279 e. The molecule has 31 heavy (non-hydrogen) atoms. The first kappa shape index (κ1) is 22.4. The molecule has 1 unspecified atom stereocenters. The van der Waals surface area contributed by atoms with Crippen LogP contribution in [0.2, 0.25) is 0 Å². The highest BCUT2D eigenvalue weighted by molar-refractivity contribution is 9.10. The number of amides is 1. The summed E-state index contributed by atoms with van der Waals surface area (Å²) < 4.78 is 31.7. The van der Waals surface area contributed by atoms with Crippen LogP contribution in [0.5, 0.6) is 0 Å². The number of carbonyl (C=O) groups excluding carboxylic acids is 1. The van der Waals surface area contributed by atoms with Crippen LogP contribution >= 0.6 is 27.3 Å². The molecular formula is C22H24BrN3O3S2. The van der Waals surface area contributed by atoms with Crippen molar-refractivity contribution < 1.29 is 13.2 Å². The van der Waals surface area contributed by atoms with Gasteiger partial charge >= 0.3 is 0 Å². The Bertz CT molecular complexity index is 1290. The second kappa shape index (κ2) is 8.97. The Morgan fingerprint density at radius 1 is 1.19 bits per heavy atom. The molecule has 2 aromatic carbocycles. The van der Waals surface area contributed by atoms with Crippen molar-refractivity contribution in [2.45, 2.75) is 43.5 Å². The number of sulfonamides is 1. The molecule has 1 aromatic heterocycles. The van der Waals surface area contributed by atoms with Crippen molar-refractivity contribution in [2.75, 3.05) is 6.54 Å². The van der Waals surface area contributed by atoms with Gasteiger partial charge in [-0.2, -0.15) is 9.30 Å². The van der Waals surface area contributed by atoms with E-state index < -0.39 is 15.9 Å². The Morgan fingerprint density at radius 3 is 2.65 bits per heavy atom. The number of nitrogens with zero attached hydrogens (tertiary/aromatic N) is 3. The molecule has 0 saturated carbocycles. The summed E-state index contributed by atoms with van der Waals surface area (Å²) in [5.74, 6) is -0.394. The van der Waals surface area contributed by atoms with Gasteiger partial charge in [0.15, 0.2) is 4.80 Å². The molecule has 0 N–H and O–H groups in total. The van der Waals surface area contributed by atoms with Gasteiger partial charge in [-0.05, 0) is 61.7 Å². The normalized spacial score (nSPS) is 18.5. The quantitative estimate of drug-likeness (QED) is 0.499. The second-order valence-electron chi connectivity index (χ2n) is 7.67. The number of thiazole rings is 1. The van der Waals surface area contributed by atoms with Gasteiger partial charge in [-0.15, -0.1) is 0 Å². The average molecular weight is 522 g/mol. The molecule has 4 rings (SSSR count). The maximum atomic E-state index is 13.1. The standard InChI is InChI=1S/C22H24BrN3O3S2/c1-3-17-6-4-5-13-26(17)31(28,29)18-10-7-15(8-11-18)21(27)24-22-25(2)19-12-9-16(23)14-20(19)30-22/h7-12,14,17H,3-6,13H2,1-2H3. The lowest BCUT2D eigenvalue weighted by Crippen LogP contribution is -2.43. The van der Waals surface area contributed by atoms with Crippen molar-refractivity contribution in [3.05, 3.63) is 57.3 Å². The fourth-order valence-electron chi connectivity index (χ4n) is 3.97. The molecule has 0 spiro atoms. The molecule has 1 atom stereocenters. The van der Waals surface area contributed by atoms with Crippen molar-refractivity contribution in [1.82, 2.24) is 8.87 Å². The highest BCUT2D eigenvalue weighted by Crippen LogP contribution is 2.27. The first-order valence-corrected chi connectivity index (χ1v) is 13.3. The van der Waals surface area contributed by atoms with Gasteiger partial charge in [-0.1, -0.05) is 40.6 Å². The minimum atomic E-state index is -3.57. The van der Waals surface area contributed by atoms with Gasteiger partial charge in [-0.25, -0.2) is 8.42 Å². The zero-order chi connectivity index (χ0) is 22.2. The molecule has 0 bridgehead atoms. The summed E-state index contributed by atoms with van der Waals surface area (Å²) in [5, 5.41) is 0. The summed E-state index contributed by atoms with van der Waals surface area (Å²) in [4.78, 5) is 17.8. The Balaban J connectivity index is 1.62. The van der Waals surface area contributed by atoms with Gasteiger partial charge in [-0.3, -0.25) is 4.79 Å². The summed E-state index contributed by atoms with van der Waals surface area (Å²) in [5.41, 5.74) is 1.36. The third kappa shape index (κ3) is 4.41. The minimum absolute atomic E-state index is 0.0445. The van der Waals surface area contributed by atoms with E-state index in [1.54, 1.807) is 16.4 Å². The van der Waals surface area contributed by atoms with Crippen molar-refractivity contribution in [1.29, 1.82) is 0 Å². The molecule has 0 radical (unpaired) electrons. The molecule has 3 aromatic rings. The van der Waals surface area contributed by atoms with E-state index in [1.807, 2.05) is 36.7 Å².